The van der Waals surface area contributed by atoms with Crippen molar-refractivity contribution in [2.75, 3.05) is 6.54 Å². The fourth-order valence-electron chi connectivity index (χ4n) is 9.92. The smallest absolute Gasteiger partial charge is 0.407 e. The predicted octanol–water partition coefficient (Wildman–Crippen LogP) is 9.00. The summed E-state index contributed by atoms with van der Waals surface area (Å²) in [6.45, 7) is 17.0. The maximum Gasteiger partial charge on any atom is 0.407 e. The summed E-state index contributed by atoms with van der Waals surface area (Å²) in [5.41, 5.74) is 0.817. The number of fused-ring (bicyclic) bond motifs is 5. The molecule has 1 unspecified atom stereocenters. The van der Waals surface area contributed by atoms with Gasteiger partial charge in [0.1, 0.15) is 5.60 Å². The molecule has 4 rings (SSSR count). The average Bonchev–Trinajstić information content (AvgIpc) is 3.12. The summed E-state index contributed by atoms with van der Waals surface area (Å²) in [6, 6.07) is 0. The van der Waals surface area contributed by atoms with Gasteiger partial charge in [-0.05, 0) is 131 Å². The molecule has 0 aromatic rings. The van der Waals surface area contributed by atoms with E-state index in [-0.39, 0.29) is 6.09 Å². The molecule has 3 nitrogen and oxygen atoms in total. The first kappa shape index (κ1) is 27.3. The van der Waals surface area contributed by atoms with Gasteiger partial charge in [-0.25, -0.2) is 4.79 Å². The van der Waals surface area contributed by atoms with Crippen molar-refractivity contribution in [3.8, 4) is 0 Å². The maximum atomic E-state index is 11.8. The minimum atomic E-state index is -0.417. The van der Waals surface area contributed by atoms with Crippen LogP contribution in [0, 0.1) is 52.3 Å². The standard InChI is InChI=1S/C32H57NO2/c1-22-16-18-31(6)24(21-22)12-13-25-27-15-14-26(32(27,7)19-17-28(25)31)23(2)11-9-8-10-20-33-29(34)35-30(3,4)5/h22-28H,8-21H2,1-7H3,(H,33,34)/t22-,23?,24-,25-,26+,27-,28-,31-,32+/m0/s1. The molecule has 35 heavy (non-hydrogen) atoms. The predicted molar refractivity (Wildman–Crippen MR) is 146 cm³/mol. The van der Waals surface area contributed by atoms with E-state index in [0.29, 0.717) is 10.8 Å². The van der Waals surface area contributed by atoms with Gasteiger partial charge in [0.2, 0.25) is 0 Å². The summed E-state index contributed by atoms with van der Waals surface area (Å²) in [4.78, 5) is 11.8. The van der Waals surface area contributed by atoms with Gasteiger partial charge in [-0.15, -0.1) is 0 Å². The second kappa shape index (κ2) is 10.6. The van der Waals surface area contributed by atoms with Crippen LogP contribution in [0.3, 0.4) is 0 Å². The zero-order valence-electron chi connectivity index (χ0n) is 24.3. The van der Waals surface area contributed by atoms with Gasteiger partial charge in [0.05, 0.1) is 0 Å². The van der Waals surface area contributed by atoms with E-state index in [0.717, 1.165) is 54.4 Å². The average molecular weight is 488 g/mol. The van der Waals surface area contributed by atoms with Crippen LogP contribution in [0.15, 0.2) is 0 Å². The van der Waals surface area contributed by atoms with E-state index < -0.39 is 5.60 Å². The number of unbranched alkanes of at least 4 members (excludes halogenated alkanes) is 2. The van der Waals surface area contributed by atoms with Crippen LogP contribution in [0.25, 0.3) is 0 Å². The Morgan fingerprint density at radius 2 is 1.66 bits per heavy atom. The monoisotopic (exact) mass is 487 g/mol. The normalized spacial score (nSPS) is 41.9. The number of carbonyl (C=O) groups is 1. The fourth-order valence-corrected chi connectivity index (χ4v) is 9.92. The molecule has 1 amide bonds. The van der Waals surface area contributed by atoms with E-state index in [4.69, 9.17) is 4.74 Å². The summed E-state index contributed by atoms with van der Waals surface area (Å²) in [5, 5.41) is 2.92. The quantitative estimate of drug-likeness (QED) is 0.364. The molecule has 0 aromatic carbocycles. The molecule has 3 heteroatoms. The molecule has 4 aliphatic carbocycles. The first-order chi connectivity index (χ1) is 16.4. The first-order valence-electron chi connectivity index (χ1n) is 15.4. The number of ether oxygens (including phenoxy) is 1. The maximum absolute atomic E-state index is 11.8. The Hall–Kier alpha value is -0.730. The summed E-state index contributed by atoms with van der Waals surface area (Å²) in [7, 11) is 0. The number of rotatable bonds is 7. The lowest BCUT2D eigenvalue weighted by molar-refractivity contribution is -0.120. The van der Waals surface area contributed by atoms with Crippen molar-refractivity contribution < 1.29 is 9.53 Å². The number of hydrogen-bond donors (Lipinski definition) is 1. The Bertz CT molecular complexity index is 728. The van der Waals surface area contributed by atoms with E-state index in [9.17, 15) is 4.79 Å². The van der Waals surface area contributed by atoms with E-state index in [2.05, 4.69) is 33.0 Å². The third-order valence-electron chi connectivity index (χ3n) is 11.7. The topological polar surface area (TPSA) is 38.3 Å². The second-order valence-corrected chi connectivity index (χ2v) is 15.0. The van der Waals surface area contributed by atoms with Crippen LogP contribution in [0.2, 0.25) is 0 Å². The second-order valence-electron chi connectivity index (χ2n) is 15.0. The Morgan fingerprint density at radius 3 is 2.40 bits per heavy atom. The van der Waals surface area contributed by atoms with Gasteiger partial charge < -0.3 is 10.1 Å². The molecule has 0 radical (unpaired) electrons. The van der Waals surface area contributed by atoms with Crippen molar-refractivity contribution in [1.82, 2.24) is 5.32 Å². The Morgan fingerprint density at radius 1 is 0.943 bits per heavy atom. The van der Waals surface area contributed by atoms with Gasteiger partial charge in [0, 0.05) is 6.54 Å². The Labute approximate surface area is 217 Å². The highest BCUT2D eigenvalue weighted by Crippen LogP contribution is 2.68. The fraction of sp³-hybridized carbons (Fsp3) is 0.969. The van der Waals surface area contributed by atoms with Gasteiger partial charge in [-0.1, -0.05) is 53.4 Å². The van der Waals surface area contributed by atoms with Crippen LogP contribution in [0.1, 0.15) is 132 Å². The van der Waals surface area contributed by atoms with Crippen LogP contribution in [-0.4, -0.2) is 18.2 Å². The van der Waals surface area contributed by atoms with Crippen molar-refractivity contribution in [2.24, 2.45) is 52.3 Å². The van der Waals surface area contributed by atoms with Gasteiger partial charge in [0.15, 0.2) is 0 Å². The lowest BCUT2D eigenvalue weighted by atomic mass is 9.44. The molecule has 0 saturated heterocycles. The van der Waals surface area contributed by atoms with Gasteiger partial charge in [-0.2, -0.15) is 0 Å². The molecule has 4 fully saturated rings. The first-order valence-corrected chi connectivity index (χ1v) is 15.4. The molecule has 4 aliphatic rings. The highest BCUT2D eigenvalue weighted by molar-refractivity contribution is 5.67. The highest BCUT2D eigenvalue weighted by atomic mass is 16.6. The van der Waals surface area contributed by atoms with Crippen LogP contribution < -0.4 is 5.32 Å². The van der Waals surface area contributed by atoms with Crippen LogP contribution >= 0.6 is 0 Å². The van der Waals surface area contributed by atoms with Gasteiger partial charge in [0.25, 0.3) is 0 Å². The van der Waals surface area contributed by atoms with Gasteiger partial charge in [-0.3, -0.25) is 0 Å². The third kappa shape index (κ3) is 5.74. The summed E-state index contributed by atoms with van der Waals surface area (Å²) < 4.78 is 5.34. The molecular formula is C32H57NO2. The lowest BCUT2D eigenvalue weighted by Gasteiger charge is -2.61. The number of hydrogen-bond acceptors (Lipinski definition) is 2. The zero-order valence-corrected chi connectivity index (χ0v) is 24.3. The lowest BCUT2D eigenvalue weighted by Crippen LogP contribution is -2.53. The van der Waals surface area contributed by atoms with Crippen LogP contribution in [-0.2, 0) is 4.74 Å². The number of carbonyl (C=O) groups excluding carboxylic acids is 1. The van der Waals surface area contributed by atoms with E-state index >= 15 is 0 Å². The summed E-state index contributed by atoms with van der Waals surface area (Å²) in [5.74, 6) is 6.75. The zero-order chi connectivity index (χ0) is 25.4. The van der Waals surface area contributed by atoms with E-state index in [1.165, 1.54) is 77.0 Å². The van der Waals surface area contributed by atoms with Crippen molar-refractivity contribution in [2.45, 2.75) is 138 Å². The van der Waals surface area contributed by atoms with Crippen molar-refractivity contribution in [3.63, 3.8) is 0 Å². The number of nitrogens with one attached hydrogen (secondary N) is 1. The minimum Gasteiger partial charge on any atom is -0.444 e. The molecule has 0 aliphatic heterocycles. The number of alkyl carbamates (subject to hydrolysis) is 1. The Balaban J connectivity index is 1.25. The van der Waals surface area contributed by atoms with Crippen LogP contribution in [0.5, 0.6) is 0 Å². The molecule has 0 bridgehead atoms. The van der Waals surface area contributed by atoms with Crippen molar-refractivity contribution in [1.29, 1.82) is 0 Å². The van der Waals surface area contributed by atoms with Crippen molar-refractivity contribution in [3.05, 3.63) is 0 Å². The minimum absolute atomic E-state index is 0.281. The van der Waals surface area contributed by atoms with Crippen LogP contribution in [0.4, 0.5) is 4.79 Å². The molecule has 0 spiro atoms. The molecular weight excluding hydrogens is 430 g/mol. The molecule has 9 atom stereocenters. The Kier molecular flexibility index (Phi) is 8.24. The van der Waals surface area contributed by atoms with Crippen molar-refractivity contribution >= 4 is 6.09 Å². The molecule has 0 heterocycles. The third-order valence-corrected chi connectivity index (χ3v) is 11.7. The molecule has 1 N–H and O–H groups in total. The molecule has 0 aromatic heterocycles. The highest BCUT2D eigenvalue weighted by Gasteiger charge is 2.60. The van der Waals surface area contributed by atoms with Gasteiger partial charge >= 0.3 is 6.09 Å². The largest absolute Gasteiger partial charge is 0.444 e. The van der Waals surface area contributed by atoms with E-state index in [1.54, 1.807) is 0 Å². The molecule has 202 valence electrons. The molecule has 4 saturated carbocycles. The number of amides is 1. The summed E-state index contributed by atoms with van der Waals surface area (Å²) >= 11 is 0. The van der Waals surface area contributed by atoms with E-state index in [1.807, 2.05) is 20.8 Å². The SMILES string of the molecule is CC(CCCCCNC(=O)OC(C)(C)C)[C@H]1CC[C@H]2[C@@H]3CC[C@H]4C[C@@H](C)CC[C@]4(C)[C@H]3CC[C@]12C. The summed E-state index contributed by atoms with van der Waals surface area (Å²) in [6.07, 6.45) is 18.1.